The summed E-state index contributed by atoms with van der Waals surface area (Å²) >= 11 is 0. The molecule has 100 valence electrons. The Kier molecular flexibility index (Phi) is 4.01. The minimum absolute atomic E-state index is 0.0137. The van der Waals surface area contributed by atoms with Crippen molar-refractivity contribution in [3.05, 3.63) is 23.3 Å². The number of hydrogen-bond acceptors (Lipinski definition) is 4. The SMILES string of the molecule is COc1c(C(N)=O)cc(S(C)(=O)=O)cc1C(C)C. The third-order valence-electron chi connectivity index (χ3n) is 2.61. The number of benzene rings is 1. The van der Waals surface area contributed by atoms with E-state index in [9.17, 15) is 13.2 Å². The molecule has 0 saturated carbocycles. The zero-order valence-electron chi connectivity index (χ0n) is 10.9. The second kappa shape index (κ2) is 4.97. The predicted molar refractivity (Wildman–Crippen MR) is 68.7 cm³/mol. The van der Waals surface area contributed by atoms with Crippen molar-refractivity contribution >= 4 is 15.7 Å². The van der Waals surface area contributed by atoms with Gasteiger partial charge in [0, 0.05) is 6.26 Å². The molecule has 1 aromatic carbocycles. The second-order valence-electron chi connectivity index (χ2n) is 4.38. The van der Waals surface area contributed by atoms with Crippen LogP contribution >= 0.6 is 0 Å². The Hall–Kier alpha value is -1.56. The highest BCUT2D eigenvalue weighted by Gasteiger charge is 2.21. The van der Waals surface area contributed by atoms with E-state index in [1.165, 1.54) is 19.2 Å². The molecule has 1 aromatic rings. The minimum atomic E-state index is -3.40. The maximum atomic E-state index is 11.6. The van der Waals surface area contributed by atoms with Crippen molar-refractivity contribution in [2.24, 2.45) is 5.73 Å². The van der Waals surface area contributed by atoms with E-state index in [0.717, 1.165) is 6.26 Å². The number of rotatable bonds is 4. The molecule has 0 aliphatic carbocycles. The van der Waals surface area contributed by atoms with Crippen molar-refractivity contribution in [2.75, 3.05) is 13.4 Å². The monoisotopic (exact) mass is 271 g/mol. The van der Waals surface area contributed by atoms with Crippen molar-refractivity contribution in [1.82, 2.24) is 0 Å². The normalized spacial score (nSPS) is 11.6. The molecule has 0 aliphatic heterocycles. The van der Waals surface area contributed by atoms with Gasteiger partial charge < -0.3 is 10.5 Å². The van der Waals surface area contributed by atoms with Gasteiger partial charge in [-0.1, -0.05) is 13.8 Å². The highest BCUT2D eigenvalue weighted by Crippen LogP contribution is 2.32. The van der Waals surface area contributed by atoms with Crippen LogP contribution in [0.5, 0.6) is 5.75 Å². The average molecular weight is 271 g/mol. The number of primary amides is 1. The van der Waals surface area contributed by atoms with Gasteiger partial charge in [-0.15, -0.1) is 0 Å². The first-order chi connectivity index (χ1) is 8.18. The van der Waals surface area contributed by atoms with Gasteiger partial charge in [-0.2, -0.15) is 0 Å². The zero-order chi connectivity index (χ0) is 14.1. The van der Waals surface area contributed by atoms with E-state index in [1.807, 2.05) is 13.8 Å². The molecule has 18 heavy (non-hydrogen) atoms. The van der Waals surface area contributed by atoms with Crippen LogP contribution in [-0.4, -0.2) is 27.7 Å². The van der Waals surface area contributed by atoms with E-state index in [2.05, 4.69) is 0 Å². The lowest BCUT2D eigenvalue weighted by molar-refractivity contribution is 0.0997. The van der Waals surface area contributed by atoms with E-state index >= 15 is 0 Å². The number of hydrogen-bond donors (Lipinski definition) is 1. The second-order valence-corrected chi connectivity index (χ2v) is 6.40. The van der Waals surface area contributed by atoms with Gasteiger partial charge in [-0.25, -0.2) is 8.42 Å². The molecule has 0 unspecified atom stereocenters. The van der Waals surface area contributed by atoms with Crippen molar-refractivity contribution in [2.45, 2.75) is 24.7 Å². The van der Waals surface area contributed by atoms with E-state index in [0.29, 0.717) is 11.3 Å². The van der Waals surface area contributed by atoms with Crippen LogP contribution in [0.4, 0.5) is 0 Å². The summed E-state index contributed by atoms with van der Waals surface area (Å²) in [6.07, 6.45) is 1.09. The molecule has 0 saturated heterocycles. The number of ether oxygens (including phenoxy) is 1. The standard InChI is InChI=1S/C12H17NO4S/c1-7(2)9-5-8(18(4,15)16)6-10(12(13)14)11(9)17-3/h5-7H,1-4H3,(H2,13,14). The molecule has 0 spiro atoms. The molecule has 0 fully saturated rings. The summed E-state index contributed by atoms with van der Waals surface area (Å²) in [5, 5.41) is 0. The molecule has 0 atom stereocenters. The first-order valence-corrected chi connectivity index (χ1v) is 7.29. The Bertz CT molecular complexity index is 576. The van der Waals surface area contributed by atoms with Gasteiger partial charge in [0.05, 0.1) is 17.6 Å². The summed E-state index contributed by atoms with van der Waals surface area (Å²) in [7, 11) is -1.98. The lowest BCUT2D eigenvalue weighted by Gasteiger charge is -2.16. The van der Waals surface area contributed by atoms with Gasteiger partial charge in [-0.3, -0.25) is 4.79 Å². The Morgan fingerprint density at radius 3 is 2.22 bits per heavy atom. The summed E-state index contributed by atoms with van der Waals surface area (Å²) in [6, 6.07) is 2.77. The average Bonchev–Trinajstić information content (AvgIpc) is 2.25. The summed E-state index contributed by atoms with van der Waals surface area (Å²) in [6.45, 7) is 3.77. The van der Waals surface area contributed by atoms with Crippen LogP contribution in [0.15, 0.2) is 17.0 Å². The lowest BCUT2D eigenvalue weighted by Crippen LogP contribution is -2.15. The van der Waals surface area contributed by atoms with Crippen LogP contribution in [0.2, 0.25) is 0 Å². The van der Waals surface area contributed by atoms with Gasteiger partial charge in [0.15, 0.2) is 9.84 Å². The molecule has 0 heterocycles. The Labute approximate surface area is 107 Å². The van der Waals surface area contributed by atoms with Crippen molar-refractivity contribution in [1.29, 1.82) is 0 Å². The number of amides is 1. The first kappa shape index (κ1) is 14.5. The van der Waals surface area contributed by atoms with Crippen molar-refractivity contribution in [3.8, 4) is 5.75 Å². The van der Waals surface area contributed by atoms with Crippen LogP contribution in [-0.2, 0) is 9.84 Å². The molecule has 1 amide bonds. The topological polar surface area (TPSA) is 86.5 Å². The van der Waals surface area contributed by atoms with Gasteiger partial charge in [0.1, 0.15) is 5.75 Å². The fourth-order valence-electron chi connectivity index (χ4n) is 1.68. The fourth-order valence-corrected chi connectivity index (χ4v) is 2.35. The van der Waals surface area contributed by atoms with Crippen LogP contribution in [0.3, 0.4) is 0 Å². The minimum Gasteiger partial charge on any atom is -0.496 e. The quantitative estimate of drug-likeness (QED) is 0.894. The molecular formula is C12H17NO4S. The number of sulfone groups is 1. The van der Waals surface area contributed by atoms with Crippen LogP contribution in [0.25, 0.3) is 0 Å². The van der Waals surface area contributed by atoms with E-state index in [1.54, 1.807) is 0 Å². The number of methoxy groups -OCH3 is 1. The summed E-state index contributed by atoms with van der Waals surface area (Å²) in [5.74, 6) is -0.357. The summed E-state index contributed by atoms with van der Waals surface area (Å²) in [4.78, 5) is 11.5. The van der Waals surface area contributed by atoms with Gasteiger partial charge in [0.2, 0.25) is 0 Å². The Balaban J connectivity index is 3.70. The molecule has 0 radical (unpaired) electrons. The molecule has 1 rings (SSSR count). The number of carbonyl (C=O) groups is 1. The third kappa shape index (κ3) is 2.81. The summed E-state index contributed by atoms with van der Waals surface area (Å²) < 4.78 is 28.3. The number of carbonyl (C=O) groups excluding carboxylic acids is 1. The van der Waals surface area contributed by atoms with Crippen molar-refractivity contribution in [3.63, 3.8) is 0 Å². The molecular weight excluding hydrogens is 254 g/mol. The van der Waals surface area contributed by atoms with E-state index in [-0.39, 0.29) is 16.4 Å². The Morgan fingerprint density at radius 2 is 1.89 bits per heavy atom. The fraction of sp³-hybridized carbons (Fsp3) is 0.417. The predicted octanol–water partition coefficient (Wildman–Crippen LogP) is 1.32. The maximum absolute atomic E-state index is 11.6. The Morgan fingerprint density at radius 1 is 1.33 bits per heavy atom. The third-order valence-corrected chi connectivity index (χ3v) is 3.70. The van der Waals surface area contributed by atoms with Crippen LogP contribution in [0.1, 0.15) is 35.7 Å². The largest absolute Gasteiger partial charge is 0.496 e. The van der Waals surface area contributed by atoms with Crippen molar-refractivity contribution < 1.29 is 17.9 Å². The molecule has 5 nitrogen and oxygen atoms in total. The highest BCUT2D eigenvalue weighted by atomic mass is 32.2. The molecule has 2 N–H and O–H groups in total. The van der Waals surface area contributed by atoms with E-state index < -0.39 is 15.7 Å². The number of nitrogens with two attached hydrogens (primary N) is 1. The van der Waals surface area contributed by atoms with Crippen LogP contribution in [0, 0.1) is 0 Å². The summed E-state index contributed by atoms with van der Waals surface area (Å²) in [5.41, 5.74) is 5.99. The highest BCUT2D eigenvalue weighted by molar-refractivity contribution is 7.90. The molecule has 0 bridgehead atoms. The molecule has 0 aliphatic rings. The van der Waals surface area contributed by atoms with Gasteiger partial charge in [0.25, 0.3) is 5.91 Å². The van der Waals surface area contributed by atoms with Gasteiger partial charge >= 0.3 is 0 Å². The van der Waals surface area contributed by atoms with Gasteiger partial charge in [-0.05, 0) is 23.6 Å². The smallest absolute Gasteiger partial charge is 0.252 e. The van der Waals surface area contributed by atoms with Crippen LogP contribution < -0.4 is 10.5 Å². The van der Waals surface area contributed by atoms with E-state index in [4.69, 9.17) is 10.5 Å². The first-order valence-electron chi connectivity index (χ1n) is 5.40. The lowest BCUT2D eigenvalue weighted by atomic mass is 9.99. The maximum Gasteiger partial charge on any atom is 0.252 e. The molecule has 0 aromatic heterocycles. The molecule has 6 heteroatoms. The zero-order valence-corrected chi connectivity index (χ0v) is 11.7.